The first-order valence-electron chi connectivity index (χ1n) is 11.6. The molecule has 9 heteroatoms. The molecule has 0 radical (unpaired) electrons. The molecule has 0 spiro atoms. The van der Waals surface area contributed by atoms with Gasteiger partial charge in [-0.3, -0.25) is 14.5 Å². The third-order valence-corrected chi connectivity index (χ3v) is 5.94. The molecule has 1 saturated heterocycles. The first-order valence-corrected chi connectivity index (χ1v) is 11.6. The predicted octanol–water partition coefficient (Wildman–Crippen LogP) is 1.54. The van der Waals surface area contributed by atoms with Crippen molar-refractivity contribution in [3.05, 3.63) is 53.7 Å². The summed E-state index contributed by atoms with van der Waals surface area (Å²) in [5.74, 6) is 0.194. The van der Waals surface area contributed by atoms with Crippen LogP contribution in [0.25, 0.3) is 0 Å². The lowest BCUT2D eigenvalue weighted by Crippen LogP contribution is -2.43. The number of pyridine rings is 1. The van der Waals surface area contributed by atoms with Crippen LogP contribution < -0.4 is 15.4 Å². The fraction of sp³-hybridized carbons (Fsp3) is 0.480. The number of benzene rings is 1. The minimum absolute atomic E-state index is 0.0512. The lowest BCUT2D eigenvalue weighted by Gasteiger charge is -2.32. The van der Waals surface area contributed by atoms with Crippen LogP contribution in [-0.4, -0.2) is 86.7 Å². The number of amides is 1. The summed E-state index contributed by atoms with van der Waals surface area (Å²) in [6, 6.07) is 11.2. The number of hydrogen-bond acceptors (Lipinski definition) is 8. The summed E-state index contributed by atoms with van der Waals surface area (Å²) in [5, 5.41) is 5.84. The van der Waals surface area contributed by atoms with E-state index in [4.69, 9.17) is 9.47 Å². The number of anilines is 1. The molecule has 1 aromatic carbocycles. The second-order valence-corrected chi connectivity index (χ2v) is 8.51. The van der Waals surface area contributed by atoms with Gasteiger partial charge >= 0.3 is 5.97 Å². The summed E-state index contributed by atoms with van der Waals surface area (Å²) in [7, 11) is 5.03. The number of ether oxygens (including phenoxy) is 2. The van der Waals surface area contributed by atoms with Gasteiger partial charge in [-0.15, -0.1) is 0 Å². The lowest BCUT2D eigenvalue weighted by molar-refractivity contribution is -0.144. The van der Waals surface area contributed by atoms with Crippen molar-refractivity contribution in [1.82, 2.24) is 20.1 Å². The molecule has 1 aromatic heterocycles. The van der Waals surface area contributed by atoms with Gasteiger partial charge in [-0.05, 0) is 43.3 Å². The minimum Gasteiger partial charge on any atom is -0.495 e. The number of methoxy groups -OCH3 is 2. The van der Waals surface area contributed by atoms with Crippen molar-refractivity contribution in [1.29, 1.82) is 0 Å². The Balaban J connectivity index is 1.45. The third-order valence-electron chi connectivity index (χ3n) is 5.94. The van der Waals surface area contributed by atoms with Gasteiger partial charge in [-0.2, -0.15) is 0 Å². The number of hydrogen-bond donors (Lipinski definition) is 2. The number of esters is 1. The van der Waals surface area contributed by atoms with E-state index < -0.39 is 12.0 Å². The number of aromatic nitrogens is 1. The number of carbonyl (C=O) groups excluding carboxylic acids is 2. The van der Waals surface area contributed by atoms with Crippen molar-refractivity contribution in [2.75, 3.05) is 59.3 Å². The van der Waals surface area contributed by atoms with Gasteiger partial charge in [0.05, 0.1) is 26.8 Å². The molecule has 0 saturated carbocycles. The quantitative estimate of drug-likeness (QED) is 0.479. The average molecular weight is 470 g/mol. The number of nitrogens with one attached hydrogen (secondary N) is 2. The van der Waals surface area contributed by atoms with E-state index in [1.165, 1.54) is 24.4 Å². The molecule has 184 valence electrons. The molecule has 1 unspecified atom stereocenters. The summed E-state index contributed by atoms with van der Waals surface area (Å²) < 4.78 is 9.93. The van der Waals surface area contributed by atoms with Gasteiger partial charge in [0.15, 0.2) is 0 Å². The Labute approximate surface area is 201 Å². The molecule has 1 aliphatic heterocycles. The van der Waals surface area contributed by atoms with Crippen LogP contribution in [0.1, 0.15) is 17.5 Å². The van der Waals surface area contributed by atoms with E-state index in [9.17, 15) is 9.59 Å². The van der Waals surface area contributed by atoms with Crippen LogP contribution in [0.5, 0.6) is 5.75 Å². The zero-order valence-corrected chi connectivity index (χ0v) is 20.3. The lowest BCUT2D eigenvalue weighted by atomic mass is 10.1. The summed E-state index contributed by atoms with van der Waals surface area (Å²) in [4.78, 5) is 33.5. The van der Waals surface area contributed by atoms with Gasteiger partial charge < -0.3 is 25.0 Å². The van der Waals surface area contributed by atoms with Gasteiger partial charge in [-0.1, -0.05) is 24.3 Å². The number of likely N-dealkylation sites (N-methyl/N-ethyl adjacent to an activating group) is 1. The molecule has 1 atom stereocenters. The maximum absolute atomic E-state index is 12.4. The highest BCUT2D eigenvalue weighted by Gasteiger charge is 2.22. The van der Waals surface area contributed by atoms with Crippen molar-refractivity contribution in [2.24, 2.45) is 0 Å². The summed E-state index contributed by atoms with van der Waals surface area (Å²) in [5.41, 5.74) is 2.47. The van der Waals surface area contributed by atoms with Crippen LogP contribution in [0.2, 0.25) is 0 Å². The highest BCUT2D eigenvalue weighted by Crippen LogP contribution is 2.12. The molecular formula is C25H35N5O4. The van der Waals surface area contributed by atoms with Crippen LogP contribution in [-0.2, 0) is 27.3 Å². The second kappa shape index (κ2) is 13.0. The first kappa shape index (κ1) is 25.6. The van der Waals surface area contributed by atoms with Gasteiger partial charge in [0.25, 0.3) is 0 Å². The number of rotatable bonds is 11. The Bertz CT molecular complexity index is 912. The smallest absolute Gasteiger partial charge is 0.323 e. The molecule has 2 N–H and O–H groups in total. The van der Waals surface area contributed by atoms with E-state index in [0.717, 1.165) is 39.1 Å². The number of piperazine rings is 1. The van der Waals surface area contributed by atoms with Gasteiger partial charge in [0, 0.05) is 32.7 Å². The topological polar surface area (TPSA) is 96.0 Å². The zero-order chi connectivity index (χ0) is 24.3. The number of carbonyl (C=O) groups is 2. The van der Waals surface area contributed by atoms with E-state index >= 15 is 0 Å². The molecule has 1 fully saturated rings. The monoisotopic (exact) mass is 469 g/mol. The highest BCUT2D eigenvalue weighted by atomic mass is 16.5. The summed E-state index contributed by atoms with van der Waals surface area (Å²) in [6.45, 7) is 5.93. The molecular weight excluding hydrogens is 434 g/mol. The Kier molecular flexibility index (Phi) is 9.81. The molecule has 0 aliphatic carbocycles. The number of nitrogens with zero attached hydrogens (tertiary/aromatic N) is 3. The Morgan fingerprint density at radius 3 is 2.35 bits per heavy atom. The van der Waals surface area contributed by atoms with Crippen LogP contribution in [0, 0.1) is 0 Å². The molecule has 9 nitrogen and oxygen atoms in total. The average Bonchev–Trinajstić information content (AvgIpc) is 2.86. The first-order chi connectivity index (χ1) is 16.5. The minimum atomic E-state index is -0.736. The van der Waals surface area contributed by atoms with Crippen LogP contribution in [0.4, 0.5) is 5.82 Å². The maximum Gasteiger partial charge on any atom is 0.323 e. The fourth-order valence-electron chi connectivity index (χ4n) is 3.80. The standard InChI is InChI=1S/C25H35N5O4/c1-29-12-14-30(15-13-29)18-20-6-4-19(5-7-20)10-11-26-22(25(32)34-3)16-24(31)28-23-9-8-21(33-2)17-27-23/h4-9,17,22,26H,10-16,18H2,1-3H3,(H,27,28,31). The summed E-state index contributed by atoms with van der Waals surface area (Å²) in [6.07, 6.45) is 2.20. The van der Waals surface area contributed by atoms with Crippen molar-refractivity contribution in [2.45, 2.75) is 25.4 Å². The van der Waals surface area contributed by atoms with Gasteiger partial charge in [0.2, 0.25) is 5.91 Å². The van der Waals surface area contributed by atoms with E-state index in [1.807, 2.05) is 0 Å². The van der Waals surface area contributed by atoms with Gasteiger partial charge in [0.1, 0.15) is 17.6 Å². The molecule has 1 aliphatic rings. The van der Waals surface area contributed by atoms with Crippen molar-refractivity contribution in [3.63, 3.8) is 0 Å². The van der Waals surface area contributed by atoms with E-state index in [-0.39, 0.29) is 12.3 Å². The van der Waals surface area contributed by atoms with Crippen molar-refractivity contribution < 1.29 is 19.1 Å². The normalized spacial score (nSPS) is 15.5. The molecule has 0 bridgehead atoms. The maximum atomic E-state index is 12.4. The molecule has 3 rings (SSSR count). The Hall–Kier alpha value is -3.01. The second-order valence-electron chi connectivity index (χ2n) is 8.51. The SMILES string of the molecule is COC(=O)C(CC(=O)Nc1ccc(OC)cn1)NCCc1ccc(CN2CCN(C)CC2)cc1. The zero-order valence-electron chi connectivity index (χ0n) is 20.3. The van der Waals surface area contributed by atoms with E-state index in [0.29, 0.717) is 18.1 Å². The fourth-order valence-corrected chi connectivity index (χ4v) is 3.80. The van der Waals surface area contributed by atoms with Crippen molar-refractivity contribution in [3.8, 4) is 5.75 Å². The molecule has 1 amide bonds. The molecule has 2 heterocycles. The predicted molar refractivity (Wildman–Crippen MR) is 131 cm³/mol. The van der Waals surface area contributed by atoms with E-state index in [1.54, 1.807) is 19.2 Å². The Morgan fingerprint density at radius 2 is 1.74 bits per heavy atom. The Morgan fingerprint density at radius 1 is 1.03 bits per heavy atom. The van der Waals surface area contributed by atoms with Crippen LogP contribution >= 0.6 is 0 Å². The third kappa shape index (κ3) is 8.09. The van der Waals surface area contributed by atoms with Gasteiger partial charge in [-0.25, -0.2) is 4.98 Å². The van der Waals surface area contributed by atoms with Crippen molar-refractivity contribution >= 4 is 17.7 Å². The van der Waals surface area contributed by atoms with Crippen LogP contribution in [0.3, 0.4) is 0 Å². The molecule has 34 heavy (non-hydrogen) atoms. The highest BCUT2D eigenvalue weighted by molar-refractivity contribution is 5.93. The summed E-state index contributed by atoms with van der Waals surface area (Å²) >= 11 is 0. The molecule has 2 aromatic rings. The van der Waals surface area contributed by atoms with Crippen LogP contribution in [0.15, 0.2) is 42.6 Å². The van der Waals surface area contributed by atoms with E-state index in [2.05, 4.69) is 56.7 Å². The largest absolute Gasteiger partial charge is 0.495 e.